The fourth-order valence-corrected chi connectivity index (χ4v) is 2.42. The van der Waals surface area contributed by atoms with Crippen molar-refractivity contribution < 1.29 is 4.79 Å². The molecule has 7 heteroatoms. The predicted octanol–water partition coefficient (Wildman–Crippen LogP) is 2.45. The Balaban J connectivity index is 1.80. The third kappa shape index (κ3) is 3.51. The van der Waals surface area contributed by atoms with E-state index >= 15 is 0 Å². The number of H-pyrrole nitrogens is 1. The van der Waals surface area contributed by atoms with Gasteiger partial charge >= 0.3 is 5.91 Å². The first-order valence-corrected chi connectivity index (χ1v) is 7.51. The quantitative estimate of drug-likeness (QED) is 0.548. The van der Waals surface area contributed by atoms with E-state index in [4.69, 9.17) is 0 Å². The number of carbonyl (C=O) groups is 1. The summed E-state index contributed by atoms with van der Waals surface area (Å²) in [5.74, 6) is -0.667. The van der Waals surface area contributed by atoms with Crippen LogP contribution in [-0.4, -0.2) is 22.1 Å². The molecule has 0 atom stereocenters. The fourth-order valence-electron chi connectivity index (χ4n) is 2.00. The largest absolute Gasteiger partial charge is 0.307 e. The highest BCUT2D eigenvalue weighted by molar-refractivity contribution is 9.10. The minimum absolute atomic E-state index is 0.0832. The summed E-state index contributed by atoms with van der Waals surface area (Å²) in [6, 6.07) is 14.3. The van der Waals surface area contributed by atoms with Gasteiger partial charge in [0.25, 0.3) is 5.56 Å². The second-order valence-electron chi connectivity index (χ2n) is 4.69. The Morgan fingerprint density at radius 1 is 1.22 bits per heavy atom. The zero-order valence-electron chi connectivity index (χ0n) is 11.8. The molecule has 0 saturated carbocycles. The number of rotatable bonds is 3. The number of aromatic amines is 1. The zero-order chi connectivity index (χ0) is 16.2. The van der Waals surface area contributed by atoms with E-state index in [9.17, 15) is 9.59 Å². The van der Waals surface area contributed by atoms with E-state index in [2.05, 4.69) is 36.4 Å². The van der Waals surface area contributed by atoms with E-state index in [0.717, 1.165) is 10.0 Å². The van der Waals surface area contributed by atoms with E-state index in [1.807, 2.05) is 24.3 Å². The van der Waals surface area contributed by atoms with Crippen molar-refractivity contribution in [2.45, 2.75) is 0 Å². The number of benzene rings is 2. The number of nitrogens with one attached hydrogen (secondary N) is 2. The molecule has 0 spiro atoms. The minimum Gasteiger partial charge on any atom is -0.302 e. The van der Waals surface area contributed by atoms with Gasteiger partial charge in [0.15, 0.2) is 0 Å². The third-order valence-electron chi connectivity index (χ3n) is 3.06. The Labute approximate surface area is 139 Å². The summed E-state index contributed by atoms with van der Waals surface area (Å²) in [6.45, 7) is 0. The maximum atomic E-state index is 12.0. The van der Waals surface area contributed by atoms with Gasteiger partial charge in [-0.2, -0.15) is 5.10 Å². The monoisotopic (exact) mass is 370 g/mol. The van der Waals surface area contributed by atoms with Gasteiger partial charge < -0.3 is 4.98 Å². The van der Waals surface area contributed by atoms with Crippen LogP contribution in [0.1, 0.15) is 16.2 Å². The summed E-state index contributed by atoms with van der Waals surface area (Å²) in [7, 11) is 0. The Morgan fingerprint density at radius 2 is 2.04 bits per heavy atom. The van der Waals surface area contributed by atoms with Crippen LogP contribution in [0, 0.1) is 0 Å². The molecule has 0 aliphatic carbocycles. The summed E-state index contributed by atoms with van der Waals surface area (Å²) >= 11 is 3.35. The molecule has 3 aromatic rings. The van der Waals surface area contributed by atoms with Gasteiger partial charge in [0.2, 0.25) is 5.82 Å². The molecule has 0 bridgehead atoms. The fraction of sp³-hybridized carbons (Fsp3) is 0. The standard InChI is InChI=1S/C16H11BrN4O2/c17-11-5-3-4-10(8-11)9-18-21-16(23)14-19-13-7-2-1-6-12(13)15(22)20-14/h1-9H,(H,21,23)(H,19,20,22). The van der Waals surface area contributed by atoms with Crippen molar-refractivity contribution in [2.24, 2.45) is 5.10 Å². The SMILES string of the molecule is O=C(NN=Cc1cccc(Br)c1)c1nc2ccccc2c(=O)[nH]1. The van der Waals surface area contributed by atoms with Gasteiger partial charge in [-0.25, -0.2) is 10.4 Å². The molecule has 3 rings (SSSR count). The highest BCUT2D eigenvalue weighted by atomic mass is 79.9. The van der Waals surface area contributed by atoms with Crippen LogP contribution < -0.4 is 11.0 Å². The lowest BCUT2D eigenvalue weighted by atomic mass is 10.2. The van der Waals surface area contributed by atoms with Crippen molar-refractivity contribution in [1.82, 2.24) is 15.4 Å². The number of hydrazone groups is 1. The van der Waals surface area contributed by atoms with Crippen LogP contribution in [-0.2, 0) is 0 Å². The van der Waals surface area contributed by atoms with Crippen LogP contribution in [0.3, 0.4) is 0 Å². The summed E-state index contributed by atoms with van der Waals surface area (Å²) in [5, 5.41) is 4.29. The van der Waals surface area contributed by atoms with Gasteiger partial charge in [-0.1, -0.05) is 40.2 Å². The number of amides is 1. The molecule has 0 saturated heterocycles. The number of hydrogen-bond donors (Lipinski definition) is 2. The highest BCUT2D eigenvalue weighted by Crippen LogP contribution is 2.10. The molecular formula is C16H11BrN4O2. The second kappa shape index (κ2) is 6.53. The van der Waals surface area contributed by atoms with Crippen molar-refractivity contribution in [2.75, 3.05) is 0 Å². The number of carbonyl (C=O) groups excluding carboxylic acids is 1. The Morgan fingerprint density at radius 3 is 2.87 bits per heavy atom. The topological polar surface area (TPSA) is 87.2 Å². The molecule has 1 heterocycles. The summed E-state index contributed by atoms with van der Waals surface area (Å²) in [5.41, 5.74) is 3.25. The van der Waals surface area contributed by atoms with E-state index in [1.54, 1.807) is 24.3 Å². The number of aromatic nitrogens is 2. The zero-order valence-corrected chi connectivity index (χ0v) is 13.4. The van der Waals surface area contributed by atoms with Crippen LogP contribution in [0.2, 0.25) is 0 Å². The molecule has 0 aliphatic rings. The van der Waals surface area contributed by atoms with E-state index in [1.165, 1.54) is 6.21 Å². The Kier molecular flexibility index (Phi) is 4.29. The van der Waals surface area contributed by atoms with Crippen molar-refractivity contribution in [3.8, 4) is 0 Å². The summed E-state index contributed by atoms with van der Waals surface area (Å²) < 4.78 is 0.910. The molecule has 1 aromatic heterocycles. The lowest BCUT2D eigenvalue weighted by Crippen LogP contribution is -2.24. The van der Waals surface area contributed by atoms with Gasteiger partial charge in [0.1, 0.15) is 0 Å². The normalized spacial score (nSPS) is 11.0. The number of hydrogen-bond acceptors (Lipinski definition) is 4. The molecule has 114 valence electrons. The predicted molar refractivity (Wildman–Crippen MR) is 91.6 cm³/mol. The molecule has 0 radical (unpaired) electrons. The molecular weight excluding hydrogens is 360 g/mol. The van der Waals surface area contributed by atoms with E-state index in [0.29, 0.717) is 10.9 Å². The lowest BCUT2D eigenvalue weighted by molar-refractivity contribution is 0.0945. The van der Waals surface area contributed by atoms with Crippen LogP contribution >= 0.6 is 15.9 Å². The second-order valence-corrected chi connectivity index (χ2v) is 5.60. The number of halogens is 1. The van der Waals surface area contributed by atoms with Crippen LogP contribution in [0.15, 0.2) is 62.9 Å². The summed E-state index contributed by atoms with van der Waals surface area (Å²) in [4.78, 5) is 30.5. The number of para-hydroxylation sites is 1. The minimum atomic E-state index is -0.584. The van der Waals surface area contributed by atoms with Gasteiger partial charge in [-0.3, -0.25) is 9.59 Å². The smallest absolute Gasteiger partial charge is 0.302 e. The third-order valence-corrected chi connectivity index (χ3v) is 3.55. The average molecular weight is 371 g/mol. The van der Waals surface area contributed by atoms with E-state index < -0.39 is 5.91 Å². The number of nitrogens with zero attached hydrogens (tertiary/aromatic N) is 2. The molecule has 2 N–H and O–H groups in total. The molecule has 23 heavy (non-hydrogen) atoms. The molecule has 1 amide bonds. The van der Waals surface area contributed by atoms with Crippen LogP contribution in [0.25, 0.3) is 10.9 Å². The molecule has 2 aromatic carbocycles. The molecule has 0 unspecified atom stereocenters. The van der Waals surface area contributed by atoms with E-state index in [-0.39, 0.29) is 11.4 Å². The first-order valence-electron chi connectivity index (χ1n) is 6.71. The maximum absolute atomic E-state index is 12.0. The van der Waals surface area contributed by atoms with Gasteiger partial charge in [-0.05, 0) is 29.8 Å². The maximum Gasteiger partial charge on any atom is 0.307 e. The van der Waals surface area contributed by atoms with Crippen molar-refractivity contribution in [3.63, 3.8) is 0 Å². The van der Waals surface area contributed by atoms with Crippen molar-refractivity contribution >= 4 is 39.0 Å². The highest BCUT2D eigenvalue weighted by Gasteiger charge is 2.10. The van der Waals surface area contributed by atoms with Crippen molar-refractivity contribution in [3.05, 3.63) is 74.7 Å². The first kappa shape index (κ1) is 15.1. The summed E-state index contributed by atoms with van der Waals surface area (Å²) in [6.07, 6.45) is 1.50. The Bertz CT molecular complexity index is 965. The first-order chi connectivity index (χ1) is 11.1. The average Bonchev–Trinajstić information content (AvgIpc) is 2.55. The van der Waals surface area contributed by atoms with Crippen molar-refractivity contribution in [1.29, 1.82) is 0 Å². The molecule has 6 nitrogen and oxygen atoms in total. The molecule has 0 aliphatic heterocycles. The van der Waals surface area contributed by atoms with Crippen LogP contribution in [0.5, 0.6) is 0 Å². The van der Waals surface area contributed by atoms with Crippen LogP contribution in [0.4, 0.5) is 0 Å². The Hall–Kier alpha value is -2.80. The van der Waals surface area contributed by atoms with Gasteiger partial charge in [0.05, 0.1) is 17.1 Å². The van der Waals surface area contributed by atoms with Gasteiger partial charge in [0, 0.05) is 4.47 Å². The number of fused-ring (bicyclic) bond motifs is 1. The molecule has 0 fully saturated rings. The van der Waals surface area contributed by atoms with Gasteiger partial charge in [-0.15, -0.1) is 0 Å². The lowest BCUT2D eigenvalue weighted by Gasteiger charge is -2.01.